The van der Waals surface area contributed by atoms with Crippen molar-refractivity contribution in [2.75, 3.05) is 13.2 Å². The third-order valence-corrected chi connectivity index (χ3v) is 10.9. The van der Waals surface area contributed by atoms with Gasteiger partial charge in [-0.1, -0.05) is 205 Å². The summed E-state index contributed by atoms with van der Waals surface area (Å²) in [7, 11) is 0. The number of hydrogen-bond acceptors (Lipinski definition) is 6. The van der Waals surface area contributed by atoms with E-state index in [4.69, 9.17) is 14.2 Å². The van der Waals surface area contributed by atoms with Crippen molar-refractivity contribution in [3.63, 3.8) is 0 Å². The zero-order valence-corrected chi connectivity index (χ0v) is 38.6. The number of allylic oxidation sites excluding steroid dienone is 6. The predicted octanol–water partition coefficient (Wildman–Crippen LogP) is 16.1. The van der Waals surface area contributed by atoms with Crippen LogP contribution in [0.4, 0.5) is 0 Å². The number of esters is 3. The second-order valence-corrected chi connectivity index (χ2v) is 16.7. The van der Waals surface area contributed by atoms with Crippen LogP contribution in [-0.2, 0) is 28.6 Å². The molecule has 0 heterocycles. The highest BCUT2D eigenvalue weighted by molar-refractivity contribution is 5.71. The summed E-state index contributed by atoms with van der Waals surface area (Å²) in [5, 5.41) is 0. The Kier molecular flexibility index (Phi) is 45.4. The molecule has 1 atom stereocenters. The third kappa shape index (κ3) is 44.7. The molecule has 0 N–H and O–H groups in total. The van der Waals surface area contributed by atoms with E-state index in [2.05, 4.69) is 57.2 Å². The summed E-state index contributed by atoms with van der Waals surface area (Å²) in [4.78, 5) is 37.9. The van der Waals surface area contributed by atoms with Crippen LogP contribution in [0.1, 0.15) is 258 Å². The van der Waals surface area contributed by atoms with Crippen molar-refractivity contribution < 1.29 is 28.6 Å². The van der Waals surface area contributed by atoms with Gasteiger partial charge >= 0.3 is 17.9 Å². The predicted molar refractivity (Wildman–Crippen MR) is 247 cm³/mol. The SMILES string of the molecule is CC/C=C\C/C=C\CCCCCCCC(=O)OCC(COC(=O)CCCCCCCCCCCCCCCCC)OC(=O)CCCCC/C=C\CCCCCCCC. The molecule has 0 aromatic carbocycles. The number of ether oxygens (including phenoxy) is 3. The number of carbonyl (C=O) groups is 3. The fourth-order valence-corrected chi connectivity index (χ4v) is 7.12. The van der Waals surface area contributed by atoms with E-state index in [1.807, 2.05) is 0 Å². The van der Waals surface area contributed by atoms with E-state index in [0.29, 0.717) is 19.3 Å². The van der Waals surface area contributed by atoms with Crippen LogP contribution in [0.3, 0.4) is 0 Å². The second-order valence-electron chi connectivity index (χ2n) is 16.7. The Balaban J connectivity index is 4.37. The molecule has 0 aliphatic rings. The first kappa shape index (κ1) is 55.6. The number of rotatable bonds is 45. The highest BCUT2D eigenvalue weighted by Gasteiger charge is 2.19. The Hall–Kier alpha value is -2.37. The summed E-state index contributed by atoms with van der Waals surface area (Å²) in [6.07, 6.45) is 54.1. The van der Waals surface area contributed by atoms with Crippen LogP contribution in [0.5, 0.6) is 0 Å². The molecule has 6 heteroatoms. The van der Waals surface area contributed by atoms with E-state index in [0.717, 1.165) is 96.3 Å². The van der Waals surface area contributed by atoms with E-state index in [1.165, 1.54) is 122 Å². The van der Waals surface area contributed by atoms with Gasteiger partial charge in [0.2, 0.25) is 0 Å². The van der Waals surface area contributed by atoms with Gasteiger partial charge in [-0.05, 0) is 70.6 Å². The molecule has 0 fully saturated rings. The maximum atomic E-state index is 12.7. The minimum absolute atomic E-state index is 0.0800. The molecule has 0 aromatic heterocycles. The quantitative estimate of drug-likeness (QED) is 0.0264. The second kappa shape index (κ2) is 47.3. The van der Waals surface area contributed by atoms with Gasteiger partial charge in [-0.15, -0.1) is 0 Å². The topological polar surface area (TPSA) is 78.9 Å². The molecule has 1 unspecified atom stereocenters. The zero-order valence-electron chi connectivity index (χ0n) is 38.6. The fraction of sp³-hybridized carbons (Fsp3) is 0.827. The van der Waals surface area contributed by atoms with Gasteiger partial charge in [0.25, 0.3) is 0 Å². The minimum Gasteiger partial charge on any atom is -0.462 e. The lowest BCUT2D eigenvalue weighted by atomic mass is 10.0. The number of carbonyl (C=O) groups excluding carboxylic acids is 3. The Labute approximate surface area is 359 Å². The molecule has 0 rings (SSSR count). The lowest BCUT2D eigenvalue weighted by Crippen LogP contribution is -2.30. The molecule has 0 aliphatic carbocycles. The highest BCUT2D eigenvalue weighted by atomic mass is 16.6. The van der Waals surface area contributed by atoms with Crippen LogP contribution in [-0.4, -0.2) is 37.2 Å². The van der Waals surface area contributed by atoms with Crippen molar-refractivity contribution in [3.05, 3.63) is 36.5 Å². The average Bonchev–Trinajstić information content (AvgIpc) is 3.22. The van der Waals surface area contributed by atoms with Crippen LogP contribution in [0.2, 0.25) is 0 Å². The first-order valence-corrected chi connectivity index (χ1v) is 25.0. The van der Waals surface area contributed by atoms with Gasteiger partial charge in [0, 0.05) is 19.3 Å². The largest absolute Gasteiger partial charge is 0.462 e. The zero-order chi connectivity index (χ0) is 42.3. The lowest BCUT2D eigenvalue weighted by molar-refractivity contribution is -0.167. The van der Waals surface area contributed by atoms with Crippen LogP contribution < -0.4 is 0 Å². The Morgan fingerprint density at radius 2 is 0.672 bits per heavy atom. The number of unbranched alkanes of at least 4 members (excludes halogenated alkanes) is 28. The summed E-state index contributed by atoms with van der Waals surface area (Å²) in [5.74, 6) is -0.904. The van der Waals surface area contributed by atoms with Gasteiger partial charge in [-0.2, -0.15) is 0 Å². The molecule has 0 saturated carbocycles. The van der Waals surface area contributed by atoms with Crippen LogP contribution in [0.25, 0.3) is 0 Å². The summed E-state index contributed by atoms with van der Waals surface area (Å²) in [6, 6.07) is 0. The molecular formula is C52H94O6. The van der Waals surface area contributed by atoms with E-state index in [-0.39, 0.29) is 31.1 Å². The van der Waals surface area contributed by atoms with Gasteiger partial charge in [0.1, 0.15) is 13.2 Å². The monoisotopic (exact) mass is 815 g/mol. The first-order chi connectivity index (χ1) is 28.5. The van der Waals surface area contributed by atoms with E-state index in [1.54, 1.807) is 0 Å². The summed E-state index contributed by atoms with van der Waals surface area (Å²) in [5.41, 5.74) is 0. The highest BCUT2D eigenvalue weighted by Crippen LogP contribution is 2.15. The summed E-state index contributed by atoms with van der Waals surface area (Å²) < 4.78 is 16.7. The molecule has 0 bridgehead atoms. The van der Waals surface area contributed by atoms with E-state index < -0.39 is 6.10 Å². The van der Waals surface area contributed by atoms with E-state index in [9.17, 15) is 14.4 Å². The average molecular weight is 815 g/mol. The summed E-state index contributed by atoms with van der Waals surface area (Å²) >= 11 is 0. The van der Waals surface area contributed by atoms with Crippen molar-refractivity contribution in [3.8, 4) is 0 Å². The Morgan fingerprint density at radius 1 is 0.362 bits per heavy atom. The molecule has 0 spiro atoms. The Morgan fingerprint density at radius 3 is 1.07 bits per heavy atom. The van der Waals surface area contributed by atoms with Gasteiger partial charge in [-0.3, -0.25) is 14.4 Å². The van der Waals surface area contributed by atoms with Gasteiger partial charge < -0.3 is 14.2 Å². The van der Waals surface area contributed by atoms with Crippen LogP contribution in [0, 0.1) is 0 Å². The van der Waals surface area contributed by atoms with Crippen molar-refractivity contribution >= 4 is 17.9 Å². The van der Waals surface area contributed by atoms with Crippen molar-refractivity contribution in [2.24, 2.45) is 0 Å². The molecule has 0 amide bonds. The molecule has 6 nitrogen and oxygen atoms in total. The molecule has 58 heavy (non-hydrogen) atoms. The molecule has 0 radical (unpaired) electrons. The fourth-order valence-electron chi connectivity index (χ4n) is 7.12. The molecule has 0 aliphatic heterocycles. The summed E-state index contributed by atoms with van der Waals surface area (Å²) in [6.45, 7) is 6.51. The van der Waals surface area contributed by atoms with Crippen molar-refractivity contribution in [2.45, 2.75) is 264 Å². The van der Waals surface area contributed by atoms with E-state index >= 15 is 0 Å². The molecule has 338 valence electrons. The first-order valence-electron chi connectivity index (χ1n) is 25.0. The van der Waals surface area contributed by atoms with Crippen LogP contribution >= 0.6 is 0 Å². The van der Waals surface area contributed by atoms with Crippen molar-refractivity contribution in [1.82, 2.24) is 0 Å². The van der Waals surface area contributed by atoms with Gasteiger partial charge in [0.15, 0.2) is 6.10 Å². The maximum Gasteiger partial charge on any atom is 0.306 e. The molecule has 0 saturated heterocycles. The number of hydrogen-bond donors (Lipinski definition) is 0. The standard InChI is InChI=1S/C52H94O6/c1-4-7-10-13-16-19-22-25-26-28-30-33-36-39-42-45-51(54)57-48-49(47-56-50(53)44-41-38-35-32-29-24-21-18-15-12-9-6-3)58-52(55)46-43-40-37-34-31-27-23-20-17-14-11-8-5-2/h9,12,18,21,27,31,49H,4-8,10-11,13-17,19-20,22-26,28-30,32-48H2,1-3H3/b12-9-,21-18-,31-27-. The smallest absolute Gasteiger partial charge is 0.306 e. The molecule has 0 aromatic rings. The van der Waals surface area contributed by atoms with Crippen LogP contribution in [0.15, 0.2) is 36.5 Å². The molecular weight excluding hydrogens is 721 g/mol. The van der Waals surface area contributed by atoms with Gasteiger partial charge in [-0.25, -0.2) is 0 Å². The van der Waals surface area contributed by atoms with Crippen molar-refractivity contribution in [1.29, 1.82) is 0 Å². The third-order valence-electron chi connectivity index (χ3n) is 10.9. The maximum absolute atomic E-state index is 12.7. The normalized spacial score (nSPS) is 12.3. The lowest BCUT2D eigenvalue weighted by Gasteiger charge is -2.18. The Bertz CT molecular complexity index is 984. The van der Waals surface area contributed by atoms with Gasteiger partial charge in [0.05, 0.1) is 0 Å². The minimum atomic E-state index is -0.781.